The van der Waals surface area contributed by atoms with Crippen molar-refractivity contribution in [1.29, 1.82) is 0 Å². The summed E-state index contributed by atoms with van der Waals surface area (Å²) in [5.74, 6) is -0.558. The molecule has 0 fully saturated rings. The minimum Gasteiger partial charge on any atom is -0.352 e. The number of amides is 1. The Hall–Kier alpha value is -1.47. The van der Waals surface area contributed by atoms with Crippen LogP contribution in [0.15, 0.2) is 24.3 Å². The van der Waals surface area contributed by atoms with Gasteiger partial charge in [0.15, 0.2) is 0 Å². The molecule has 0 spiro atoms. The summed E-state index contributed by atoms with van der Waals surface area (Å²) in [4.78, 5) is 11.7. The summed E-state index contributed by atoms with van der Waals surface area (Å²) in [6.45, 7) is 2.75. The van der Waals surface area contributed by atoms with Gasteiger partial charge in [0.05, 0.1) is 6.26 Å². The number of nitrogens with one attached hydrogen (secondary N) is 1. The number of hydrogen-bond acceptors (Lipinski definition) is 3. The van der Waals surface area contributed by atoms with E-state index in [-0.39, 0.29) is 24.7 Å². The van der Waals surface area contributed by atoms with Crippen LogP contribution in [-0.4, -0.2) is 38.0 Å². The number of nitrogens with zero attached hydrogens (tertiary/aromatic N) is 1. The summed E-state index contributed by atoms with van der Waals surface area (Å²) in [5.41, 5.74) is 0.790. The van der Waals surface area contributed by atoms with E-state index in [0.29, 0.717) is 19.5 Å². The van der Waals surface area contributed by atoms with Gasteiger partial charge in [0.1, 0.15) is 5.82 Å². The number of sulfonamides is 1. The Bertz CT molecular complexity index is 558. The lowest BCUT2D eigenvalue weighted by atomic mass is 10.2. The Labute approximate surface area is 125 Å². The SMILES string of the molecule is CCCN(CCC(=O)NCc1ccc(F)cc1)S(C)(=O)=O. The molecule has 0 aliphatic heterocycles. The largest absolute Gasteiger partial charge is 0.352 e. The van der Waals surface area contributed by atoms with Crippen LogP contribution >= 0.6 is 0 Å². The van der Waals surface area contributed by atoms with Crippen LogP contribution in [0, 0.1) is 5.82 Å². The standard InChI is InChI=1S/C14H21FN2O3S/c1-3-9-17(21(2,19)20)10-8-14(18)16-11-12-4-6-13(15)7-5-12/h4-7H,3,8-11H2,1-2H3,(H,16,18). The summed E-state index contributed by atoms with van der Waals surface area (Å²) in [5, 5.41) is 2.68. The zero-order valence-corrected chi connectivity index (χ0v) is 13.1. The van der Waals surface area contributed by atoms with Crippen LogP contribution in [0.3, 0.4) is 0 Å². The van der Waals surface area contributed by atoms with Crippen molar-refractivity contribution in [3.8, 4) is 0 Å². The lowest BCUT2D eigenvalue weighted by Crippen LogP contribution is -2.35. The number of halogens is 1. The molecule has 1 aromatic rings. The van der Waals surface area contributed by atoms with Crippen molar-refractivity contribution in [3.05, 3.63) is 35.6 Å². The third kappa shape index (κ3) is 6.68. The highest BCUT2D eigenvalue weighted by molar-refractivity contribution is 7.88. The summed E-state index contributed by atoms with van der Waals surface area (Å²) in [6, 6.07) is 5.84. The second-order valence-corrected chi connectivity index (χ2v) is 6.80. The molecule has 0 heterocycles. The summed E-state index contributed by atoms with van der Waals surface area (Å²) in [7, 11) is -3.28. The first-order chi connectivity index (χ1) is 9.82. The first-order valence-electron chi connectivity index (χ1n) is 6.79. The van der Waals surface area contributed by atoms with E-state index >= 15 is 0 Å². The van der Waals surface area contributed by atoms with Crippen molar-refractivity contribution in [1.82, 2.24) is 9.62 Å². The van der Waals surface area contributed by atoms with Gasteiger partial charge in [-0.15, -0.1) is 0 Å². The lowest BCUT2D eigenvalue weighted by Gasteiger charge is -2.18. The van der Waals surface area contributed by atoms with E-state index in [1.165, 1.54) is 16.4 Å². The van der Waals surface area contributed by atoms with Gasteiger partial charge in [0.2, 0.25) is 15.9 Å². The average Bonchev–Trinajstić information content (AvgIpc) is 2.41. The predicted molar refractivity (Wildman–Crippen MR) is 79.6 cm³/mol. The van der Waals surface area contributed by atoms with E-state index in [2.05, 4.69) is 5.32 Å². The molecule has 1 rings (SSSR count). The zero-order valence-electron chi connectivity index (χ0n) is 12.3. The van der Waals surface area contributed by atoms with Crippen LogP contribution in [0.1, 0.15) is 25.3 Å². The normalized spacial score (nSPS) is 11.6. The minimum absolute atomic E-state index is 0.105. The van der Waals surface area contributed by atoms with E-state index in [4.69, 9.17) is 0 Å². The van der Waals surface area contributed by atoms with Crippen molar-refractivity contribution >= 4 is 15.9 Å². The Balaban J connectivity index is 2.41. The van der Waals surface area contributed by atoms with Gasteiger partial charge in [-0.3, -0.25) is 4.79 Å². The number of carbonyl (C=O) groups excluding carboxylic acids is 1. The van der Waals surface area contributed by atoms with Gasteiger partial charge in [0.25, 0.3) is 0 Å². The van der Waals surface area contributed by atoms with Crippen molar-refractivity contribution < 1.29 is 17.6 Å². The Morgan fingerprint density at radius 1 is 1.24 bits per heavy atom. The van der Waals surface area contributed by atoms with Gasteiger partial charge in [0, 0.05) is 26.1 Å². The third-order valence-corrected chi connectivity index (χ3v) is 4.24. The van der Waals surface area contributed by atoms with Crippen molar-refractivity contribution in [2.75, 3.05) is 19.3 Å². The van der Waals surface area contributed by atoms with Gasteiger partial charge in [-0.05, 0) is 24.1 Å². The third-order valence-electron chi connectivity index (χ3n) is 2.93. The molecule has 118 valence electrons. The lowest BCUT2D eigenvalue weighted by molar-refractivity contribution is -0.121. The molecule has 0 bridgehead atoms. The Kier molecular flexibility index (Phi) is 6.77. The van der Waals surface area contributed by atoms with Crippen LogP contribution in [-0.2, 0) is 21.4 Å². The molecule has 0 unspecified atom stereocenters. The summed E-state index contributed by atoms with van der Waals surface area (Å²) < 4.78 is 37.0. The molecule has 0 aliphatic rings. The van der Waals surface area contributed by atoms with Crippen LogP contribution in [0.25, 0.3) is 0 Å². The smallest absolute Gasteiger partial charge is 0.221 e. The van der Waals surface area contributed by atoms with Crippen LogP contribution in [0.4, 0.5) is 4.39 Å². The second-order valence-electron chi connectivity index (χ2n) is 4.82. The quantitative estimate of drug-likeness (QED) is 0.790. The molecule has 0 aliphatic carbocycles. The van der Waals surface area contributed by atoms with Crippen molar-refractivity contribution in [3.63, 3.8) is 0 Å². The second kappa shape index (κ2) is 8.09. The van der Waals surface area contributed by atoms with Crippen molar-refractivity contribution in [2.24, 2.45) is 0 Å². The predicted octanol–water partition coefficient (Wildman–Crippen LogP) is 1.50. The zero-order chi connectivity index (χ0) is 15.9. The molecule has 0 saturated heterocycles. The topological polar surface area (TPSA) is 66.5 Å². The number of benzene rings is 1. The number of hydrogen-bond donors (Lipinski definition) is 1. The van der Waals surface area contributed by atoms with E-state index in [1.54, 1.807) is 12.1 Å². The maximum absolute atomic E-state index is 12.7. The fourth-order valence-corrected chi connectivity index (χ4v) is 2.75. The monoisotopic (exact) mass is 316 g/mol. The van der Waals surface area contributed by atoms with E-state index in [0.717, 1.165) is 11.8 Å². The molecule has 1 amide bonds. The fraction of sp³-hybridized carbons (Fsp3) is 0.500. The molecule has 0 radical (unpaired) electrons. The van der Waals surface area contributed by atoms with E-state index in [9.17, 15) is 17.6 Å². The summed E-state index contributed by atoms with van der Waals surface area (Å²) in [6.07, 6.45) is 1.94. The first kappa shape index (κ1) is 17.6. The molecule has 0 saturated carbocycles. The molecule has 5 nitrogen and oxygen atoms in total. The highest BCUT2D eigenvalue weighted by atomic mass is 32.2. The van der Waals surface area contributed by atoms with Crippen LogP contribution < -0.4 is 5.32 Å². The van der Waals surface area contributed by atoms with E-state index < -0.39 is 10.0 Å². The maximum Gasteiger partial charge on any atom is 0.221 e. The average molecular weight is 316 g/mol. The van der Waals surface area contributed by atoms with Gasteiger partial charge in [-0.25, -0.2) is 17.1 Å². The molecule has 1 N–H and O–H groups in total. The molecule has 21 heavy (non-hydrogen) atoms. The van der Waals surface area contributed by atoms with Gasteiger partial charge < -0.3 is 5.32 Å². The van der Waals surface area contributed by atoms with Gasteiger partial charge in [-0.2, -0.15) is 0 Å². The number of carbonyl (C=O) groups is 1. The van der Waals surface area contributed by atoms with Crippen LogP contribution in [0.2, 0.25) is 0 Å². The number of rotatable bonds is 8. The highest BCUT2D eigenvalue weighted by Crippen LogP contribution is 2.03. The maximum atomic E-state index is 12.7. The molecule has 0 atom stereocenters. The molecule has 7 heteroatoms. The van der Waals surface area contributed by atoms with Crippen LogP contribution in [0.5, 0.6) is 0 Å². The molecule has 0 aromatic heterocycles. The Morgan fingerprint density at radius 3 is 2.38 bits per heavy atom. The fourth-order valence-electron chi connectivity index (χ4n) is 1.81. The minimum atomic E-state index is -3.28. The Morgan fingerprint density at radius 2 is 1.86 bits per heavy atom. The first-order valence-corrected chi connectivity index (χ1v) is 8.64. The highest BCUT2D eigenvalue weighted by Gasteiger charge is 2.16. The molecular weight excluding hydrogens is 295 g/mol. The van der Waals surface area contributed by atoms with Gasteiger partial charge in [-0.1, -0.05) is 19.1 Å². The molecule has 1 aromatic carbocycles. The summed E-state index contributed by atoms with van der Waals surface area (Å²) >= 11 is 0. The van der Waals surface area contributed by atoms with Crippen molar-refractivity contribution in [2.45, 2.75) is 26.3 Å². The molecular formula is C14H21FN2O3S. The van der Waals surface area contributed by atoms with Gasteiger partial charge >= 0.3 is 0 Å². The van der Waals surface area contributed by atoms with E-state index in [1.807, 2.05) is 6.92 Å².